The summed E-state index contributed by atoms with van der Waals surface area (Å²) in [6, 6.07) is 6.90. The monoisotopic (exact) mass is 358 g/mol. The molecule has 0 amide bonds. The minimum Gasteiger partial charge on any atom is -0.203 e. The molecular formula is C22H28F2N2. The zero-order valence-electron chi connectivity index (χ0n) is 15.8. The van der Waals surface area contributed by atoms with Crippen LogP contribution in [0.4, 0.5) is 8.78 Å². The van der Waals surface area contributed by atoms with Gasteiger partial charge in [-0.1, -0.05) is 52.0 Å². The lowest BCUT2D eigenvalue weighted by atomic mass is 9.80. The van der Waals surface area contributed by atoms with Crippen molar-refractivity contribution in [3.63, 3.8) is 0 Å². The highest BCUT2D eigenvalue weighted by atomic mass is 19.2. The first kappa shape index (κ1) is 18.9. The average Bonchev–Trinajstić information content (AvgIpc) is 2.65. The first-order chi connectivity index (χ1) is 12.6. The molecule has 0 radical (unpaired) electrons. The Kier molecular flexibility index (Phi) is 6.33. The van der Waals surface area contributed by atoms with Crippen molar-refractivity contribution in [2.75, 3.05) is 0 Å². The minimum absolute atomic E-state index is 0.188. The van der Waals surface area contributed by atoms with Gasteiger partial charge >= 0.3 is 0 Å². The molecule has 26 heavy (non-hydrogen) atoms. The van der Waals surface area contributed by atoms with Crippen LogP contribution in [0.5, 0.6) is 0 Å². The number of hydrogen-bond acceptors (Lipinski definition) is 2. The average molecular weight is 358 g/mol. The van der Waals surface area contributed by atoms with Crippen molar-refractivity contribution in [3.05, 3.63) is 47.2 Å². The zero-order valence-corrected chi connectivity index (χ0v) is 15.8. The van der Waals surface area contributed by atoms with Crippen molar-refractivity contribution < 1.29 is 8.78 Å². The third kappa shape index (κ3) is 4.46. The van der Waals surface area contributed by atoms with Crippen LogP contribution in [0.25, 0.3) is 11.3 Å². The predicted octanol–water partition coefficient (Wildman–Crippen LogP) is 6.13. The summed E-state index contributed by atoms with van der Waals surface area (Å²) in [6.45, 7) is 4.36. The summed E-state index contributed by atoms with van der Waals surface area (Å²) in [5.74, 6) is -0.0849. The molecule has 4 heteroatoms. The van der Waals surface area contributed by atoms with Gasteiger partial charge in [-0.05, 0) is 54.9 Å². The molecule has 1 aliphatic rings. The maximum Gasteiger partial charge on any atom is 0.168 e. The molecule has 3 rings (SSSR count). The number of benzene rings is 1. The van der Waals surface area contributed by atoms with Crippen LogP contribution in [-0.2, 0) is 12.8 Å². The smallest absolute Gasteiger partial charge is 0.168 e. The fourth-order valence-electron chi connectivity index (χ4n) is 3.85. The summed E-state index contributed by atoms with van der Waals surface area (Å²) in [4.78, 5) is 0. The molecule has 1 saturated carbocycles. The summed E-state index contributed by atoms with van der Waals surface area (Å²) in [6.07, 6.45) is 8.29. The molecule has 2 nitrogen and oxygen atoms in total. The highest BCUT2D eigenvalue weighted by Gasteiger charge is 2.20. The van der Waals surface area contributed by atoms with E-state index < -0.39 is 11.6 Å². The number of nitrogens with zero attached hydrogens (tertiary/aromatic N) is 2. The van der Waals surface area contributed by atoms with Crippen molar-refractivity contribution in [2.24, 2.45) is 11.8 Å². The molecule has 1 aliphatic carbocycles. The third-order valence-corrected chi connectivity index (χ3v) is 5.62. The highest BCUT2D eigenvalue weighted by Crippen LogP contribution is 2.32. The summed E-state index contributed by atoms with van der Waals surface area (Å²) in [5.41, 5.74) is 1.92. The standard InChI is InChI=1S/C22H28F2N2/c1-3-4-18-12-14-20(26-25-18)19-13-11-17(21(23)22(19)24)10-9-16-7-5-15(2)6-8-16/h11-16H,3-10H2,1-2H3. The van der Waals surface area contributed by atoms with Crippen LogP contribution in [0.3, 0.4) is 0 Å². The first-order valence-electron chi connectivity index (χ1n) is 9.88. The molecule has 1 aromatic heterocycles. The lowest BCUT2D eigenvalue weighted by Crippen LogP contribution is -2.13. The maximum absolute atomic E-state index is 14.6. The van der Waals surface area contributed by atoms with Crippen molar-refractivity contribution in [3.8, 4) is 11.3 Å². The minimum atomic E-state index is -0.808. The summed E-state index contributed by atoms with van der Waals surface area (Å²) in [5, 5.41) is 8.17. The van der Waals surface area contributed by atoms with Gasteiger partial charge in [0, 0.05) is 5.56 Å². The van der Waals surface area contributed by atoms with Gasteiger partial charge in [0.25, 0.3) is 0 Å². The van der Waals surface area contributed by atoms with Crippen LogP contribution in [0, 0.1) is 23.5 Å². The van der Waals surface area contributed by atoms with E-state index in [2.05, 4.69) is 24.0 Å². The molecule has 0 spiro atoms. The van der Waals surface area contributed by atoms with E-state index in [1.807, 2.05) is 6.07 Å². The Balaban J connectivity index is 1.69. The molecule has 0 unspecified atom stereocenters. The van der Waals surface area contributed by atoms with Gasteiger partial charge in [0.1, 0.15) is 0 Å². The third-order valence-electron chi connectivity index (χ3n) is 5.62. The van der Waals surface area contributed by atoms with Gasteiger partial charge in [0.05, 0.1) is 11.4 Å². The summed E-state index contributed by atoms with van der Waals surface area (Å²) in [7, 11) is 0. The van der Waals surface area contributed by atoms with Crippen LogP contribution in [0.2, 0.25) is 0 Å². The number of hydrogen-bond donors (Lipinski definition) is 0. The maximum atomic E-state index is 14.6. The molecular weight excluding hydrogens is 330 g/mol. The molecule has 0 aliphatic heterocycles. The Morgan fingerprint density at radius 1 is 0.923 bits per heavy atom. The summed E-state index contributed by atoms with van der Waals surface area (Å²) < 4.78 is 29.1. The Labute approximate surface area is 155 Å². The van der Waals surface area contributed by atoms with Crippen LogP contribution in [0.15, 0.2) is 24.3 Å². The van der Waals surface area contributed by atoms with E-state index in [1.165, 1.54) is 25.7 Å². The van der Waals surface area contributed by atoms with Crippen molar-refractivity contribution in [1.82, 2.24) is 10.2 Å². The second-order valence-corrected chi connectivity index (χ2v) is 7.72. The SMILES string of the molecule is CCCc1ccc(-c2ccc(CCC3CCC(C)CC3)c(F)c2F)nn1. The van der Waals surface area contributed by atoms with E-state index in [1.54, 1.807) is 18.2 Å². The molecule has 140 valence electrons. The lowest BCUT2D eigenvalue weighted by molar-refractivity contribution is 0.277. The summed E-state index contributed by atoms with van der Waals surface area (Å²) >= 11 is 0. The first-order valence-corrected chi connectivity index (χ1v) is 9.88. The Morgan fingerprint density at radius 2 is 1.69 bits per heavy atom. The van der Waals surface area contributed by atoms with Crippen LogP contribution < -0.4 is 0 Å². The topological polar surface area (TPSA) is 25.8 Å². The fraction of sp³-hybridized carbons (Fsp3) is 0.545. The zero-order chi connectivity index (χ0) is 18.5. The van der Waals surface area contributed by atoms with Crippen molar-refractivity contribution in [1.29, 1.82) is 0 Å². The quantitative estimate of drug-likeness (QED) is 0.620. The van der Waals surface area contributed by atoms with E-state index in [0.29, 0.717) is 23.6 Å². The lowest BCUT2D eigenvalue weighted by Gasteiger charge is -2.26. The van der Waals surface area contributed by atoms with E-state index in [0.717, 1.165) is 30.9 Å². The van der Waals surface area contributed by atoms with Gasteiger partial charge in [-0.15, -0.1) is 0 Å². The number of rotatable bonds is 6. The Bertz CT molecular complexity index is 720. The number of aromatic nitrogens is 2. The van der Waals surface area contributed by atoms with Gasteiger partial charge in [0.15, 0.2) is 11.6 Å². The normalized spacial score (nSPS) is 20.3. The largest absolute Gasteiger partial charge is 0.203 e. The molecule has 1 heterocycles. The van der Waals surface area contributed by atoms with Crippen LogP contribution in [-0.4, -0.2) is 10.2 Å². The molecule has 0 atom stereocenters. The van der Waals surface area contributed by atoms with E-state index in [4.69, 9.17) is 0 Å². The van der Waals surface area contributed by atoms with Crippen molar-refractivity contribution in [2.45, 2.75) is 65.2 Å². The molecule has 1 fully saturated rings. The van der Waals surface area contributed by atoms with Gasteiger partial charge in [-0.25, -0.2) is 8.78 Å². The van der Waals surface area contributed by atoms with Gasteiger partial charge in [-0.3, -0.25) is 0 Å². The molecule has 0 bridgehead atoms. The molecule has 2 aromatic rings. The predicted molar refractivity (Wildman–Crippen MR) is 101 cm³/mol. The van der Waals surface area contributed by atoms with Crippen molar-refractivity contribution >= 4 is 0 Å². The van der Waals surface area contributed by atoms with E-state index in [9.17, 15) is 8.78 Å². The van der Waals surface area contributed by atoms with Gasteiger partial charge in [0.2, 0.25) is 0 Å². The number of aryl methyl sites for hydroxylation is 2. The fourth-order valence-corrected chi connectivity index (χ4v) is 3.85. The van der Waals surface area contributed by atoms with Gasteiger partial charge < -0.3 is 0 Å². The van der Waals surface area contributed by atoms with Gasteiger partial charge in [-0.2, -0.15) is 10.2 Å². The molecule has 1 aromatic carbocycles. The Morgan fingerprint density at radius 3 is 2.35 bits per heavy atom. The molecule has 0 N–H and O–H groups in total. The second kappa shape index (κ2) is 8.70. The second-order valence-electron chi connectivity index (χ2n) is 7.72. The molecule has 0 saturated heterocycles. The van der Waals surface area contributed by atoms with E-state index >= 15 is 0 Å². The van der Waals surface area contributed by atoms with Crippen LogP contribution >= 0.6 is 0 Å². The Hall–Kier alpha value is -1.84. The van der Waals surface area contributed by atoms with Crippen LogP contribution in [0.1, 0.15) is 63.6 Å². The highest BCUT2D eigenvalue weighted by molar-refractivity contribution is 5.60. The van der Waals surface area contributed by atoms with E-state index in [-0.39, 0.29) is 5.56 Å². The number of halogens is 2.